The number of hydrogen-bond donors (Lipinski definition) is 0. The summed E-state index contributed by atoms with van der Waals surface area (Å²) < 4.78 is 0. The van der Waals surface area contributed by atoms with Crippen LogP contribution in [-0.2, 0) is 0 Å². The Hall–Kier alpha value is 0. The van der Waals surface area contributed by atoms with Crippen molar-refractivity contribution in [1.29, 1.82) is 0 Å². The molecule has 0 amide bonds. The molecule has 0 heterocycles. The highest BCUT2D eigenvalue weighted by Gasteiger charge is 2.65. The van der Waals surface area contributed by atoms with E-state index in [0.717, 1.165) is 47.3 Å². The van der Waals surface area contributed by atoms with E-state index in [4.69, 9.17) is 0 Å². The lowest BCUT2D eigenvalue weighted by molar-refractivity contribution is -0.184. The molecular weight excluding hydrogens is 444 g/mol. The normalized spacial score (nSPS) is 46.1. The van der Waals surface area contributed by atoms with Gasteiger partial charge in [-0.25, -0.2) is 0 Å². The molecule has 4 aliphatic carbocycles. The summed E-state index contributed by atoms with van der Waals surface area (Å²) in [6.07, 6.45) is 22.3. The monoisotopic (exact) mass is 513 g/mol. The van der Waals surface area contributed by atoms with Crippen LogP contribution in [0.4, 0.5) is 0 Å². The smallest absolute Gasteiger partial charge is 0.0240 e. The molecule has 0 aromatic rings. The van der Waals surface area contributed by atoms with Crippen molar-refractivity contribution < 1.29 is 0 Å². The number of rotatable bonds is 10. The summed E-state index contributed by atoms with van der Waals surface area (Å²) >= 11 is 0. The molecule has 4 aliphatic rings. The first kappa shape index (κ1) is 30.0. The summed E-state index contributed by atoms with van der Waals surface area (Å²) in [5.74, 6) is 7.60. The topological polar surface area (TPSA) is 0 Å². The van der Waals surface area contributed by atoms with Crippen LogP contribution >= 0.6 is 0 Å². The molecule has 0 aromatic carbocycles. The van der Waals surface area contributed by atoms with E-state index in [2.05, 4.69) is 69.2 Å². The SMILES string of the molecule is CCCCCC1CCC2(C)C3CCC4(C)C(C(C)CCC(C)(CC)C(C)C)CCC4C3C(C)CC2(C)C1. The van der Waals surface area contributed by atoms with Crippen molar-refractivity contribution >= 4 is 0 Å². The minimum Gasteiger partial charge on any atom is -0.0654 e. The van der Waals surface area contributed by atoms with Gasteiger partial charge in [0.05, 0.1) is 0 Å². The molecule has 37 heavy (non-hydrogen) atoms. The van der Waals surface area contributed by atoms with E-state index in [1.165, 1.54) is 89.9 Å². The zero-order chi connectivity index (χ0) is 27.2. The van der Waals surface area contributed by atoms with Crippen LogP contribution in [0.1, 0.15) is 166 Å². The second kappa shape index (κ2) is 11.1. The van der Waals surface area contributed by atoms with Gasteiger partial charge in [0.1, 0.15) is 0 Å². The zero-order valence-electron chi connectivity index (χ0n) is 27.2. The number of fused-ring (bicyclic) bond motifs is 5. The minimum atomic E-state index is 0.525. The summed E-state index contributed by atoms with van der Waals surface area (Å²) in [4.78, 5) is 0. The van der Waals surface area contributed by atoms with Gasteiger partial charge in [0.2, 0.25) is 0 Å². The molecule has 0 bridgehead atoms. The molecular formula is C37H68. The van der Waals surface area contributed by atoms with Crippen LogP contribution in [0, 0.1) is 69.0 Å². The van der Waals surface area contributed by atoms with E-state index in [1.54, 1.807) is 6.42 Å². The molecule has 216 valence electrons. The zero-order valence-corrected chi connectivity index (χ0v) is 27.2. The lowest BCUT2D eigenvalue weighted by Gasteiger charge is -2.67. The second-order valence-corrected chi connectivity index (χ2v) is 17.0. The van der Waals surface area contributed by atoms with E-state index in [0.29, 0.717) is 21.7 Å². The highest BCUT2D eigenvalue weighted by atomic mass is 14.7. The lowest BCUT2D eigenvalue weighted by atomic mass is 9.37. The maximum absolute atomic E-state index is 2.80. The molecule has 0 spiro atoms. The van der Waals surface area contributed by atoms with Crippen molar-refractivity contribution in [2.75, 3.05) is 0 Å². The number of hydrogen-bond acceptors (Lipinski definition) is 0. The van der Waals surface area contributed by atoms with Crippen molar-refractivity contribution in [1.82, 2.24) is 0 Å². The maximum Gasteiger partial charge on any atom is -0.0240 e. The van der Waals surface area contributed by atoms with Gasteiger partial charge < -0.3 is 0 Å². The summed E-state index contributed by atoms with van der Waals surface area (Å²) in [7, 11) is 0. The van der Waals surface area contributed by atoms with Crippen LogP contribution in [0.2, 0.25) is 0 Å². The van der Waals surface area contributed by atoms with Crippen molar-refractivity contribution in [2.24, 2.45) is 69.0 Å². The minimum absolute atomic E-state index is 0.525. The summed E-state index contributed by atoms with van der Waals surface area (Å²) in [5, 5.41) is 0. The van der Waals surface area contributed by atoms with Crippen LogP contribution in [0.3, 0.4) is 0 Å². The second-order valence-electron chi connectivity index (χ2n) is 17.0. The fraction of sp³-hybridized carbons (Fsp3) is 1.00. The molecule has 11 atom stereocenters. The largest absolute Gasteiger partial charge is 0.0654 e. The van der Waals surface area contributed by atoms with Gasteiger partial charge in [0.15, 0.2) is 0 Å². The molecule has 11 unspecified atom stereocenters. The average molecular weight is 513 g/mol. The third-order valence-electron chi connectivity index (χ3n) is 15.1. The van der Waals surface area contributed by atoms with Gasteiger partial charge in [-0.05, 0) is 133 Å². The van der Waals surface area contributed by atoms with Gasteiger partial charge in [-0.1, -0.05) is 101 Å². The van der Waals surface area contributed by atoms with Crippen molar-refractivity contribution in [3.63, 3.8) is 0 Å². The first-order valence-corrected chi connectivity index (χ1v) is 17.3. The van der Waals surface area contributed by atoms with Crippen molar-refractivity contribution in [3.8, 4) is 0 Å². The van der Waals surface area contributed by atoms with E-state index in [9.17, 15) is 0 Å². The predicted octanol–water partition coefficient (Wildman–Crippen LogP) is 12.0. The molecule has 4 fully saturated rings. The maximum atomic E-state index is 2.80. The third kappa shape index (κ3) is 5.14. The van der Waals surface area contributed by atoms with E-state index >= 15 is 0 Å². The Morgan fingerprint density at radius 2 is 1.59 bits per heavy atom. The predicted molar refractivity (Wildman–Crippen MR) is 164 cm³/mol. The van der Waals surface area contributed by atoms with Crippen LogP contribution in [0.15, 0.2) is 0 Å². The molecule has 0 N–H and O–H groups in total. The fourth-order valence-electron chi connectivity index (χ4n) is 11.8. The van der Waals surface area contributed by atoms with Crippen LogP contribution in [0.25, 0.3) is 0 Å². The Kier molecular flexibility index (Phi) is 9.00. The van der Waals surface area contributed by atoms with E-state index in [-0.39, 0.29) is 0 Å². The molecule has 4 saturated carbocycles. The third-order valence-corrected chi connectivity index (χ3v) is 15.1. The average Bonchev–Trinajstić information content (AvgIpc) is 3.20. The molecule has 0 saturated heterocycles. The Bertz CT molecular complexity index is 751. The Morgan fingerprint density at radius 3 is 2.24 bits per heavy atom. The molecule has 4 rings (SSSR count). The molecule has 0 aliphatic heterocycles. The summed E-state index contributed by atoms with van der Waals surface area (Å²) in [5.41, 5.74) is 2.31. The Labute approximate surface area is 234 Å². The molecule has 0 nitrogen and oxygen atoms in total. The summed E-state index contributed by atoms with van der Waals surface area (Å²) in [6.45, 7) is 26.0. The van der Waals surface area contributed by atoms with Gasteiger partial charge >= 0.3 is 0 Å². The summed E-state index contributed by atoms with van der Waals surface area (Å²) in [6, 6.07) is 0. The number of unbranched alkanes of at least 4 members (excludes halogenated alkanes) is 2. The van der Waals surface area contributed by atoms with Gasteiger partial charge in [0.25, 0.3) is 0 Å². The van der Waals surface area contributed by atoms with Gasteiger partial charge in [-0.3, -0.25) is 0 Å². The van der Waals surface area contributed by atoms with Crippen LogP contribution in [0.5, 0.6) is 0 Å². The van der Waals surface area contributed by atoms with Gasteiger partial charge in [0, 0.05) is 0 Å². The van der Waals surface area contributed by atoms with Crippen LogP contribution < -0.4 is 0 Å². The first-order valence-electron chi connectivity index (χ1n) is 17.3. The van der Waals surface area contributed by atoms with Crippen molar-refractivity contribution in [3.05, 3.63) is 0 Å². The fourth-order valence-corrected chi connectivity index (χ4v) is 11.8. The highest BCUT2D eigenvalue weighted by Crippen LogP contribution is 2.73. The Morgan fingerprint density at radius 1 is 0.865 bits per heavy atom. The van der Waals surface area contributed by atoms with E-state index in [1.807, 2.05) is 0 Å². The molecule has 0 radical (unpaired) electrons. The van der Waals surface area contributed by atoms with Crippen LogP contribution in [-0.4, -0.2) is 0 Å². The van der Waals surface area contributed by atoms with Crippen molar-refractivity contribution in [2.45, 2.75) is 166 Å². The Balaban J connectivity index is 1.48. The molecule has 0 aromatic heterocycles. The highest BCUT2D eigenvalue weighted by molar-refractivity contribution is 5.14. The van der Waals surface area contributed by atoms with Gasteiger partial charge in [-0.2, -0.15) is 0 Å². The first-order chi connectivity index (χ1) is 17.3. The quantitative estimate of drug-likeness (QED) is 0.255. The molecule has 0 heteroatoms. The van der Waals surface area contributed by atoms with E-state index < -0.39 is 0 Å². The standard InChI is InChI=1S/C37H68/c1-11-13-14-15-29-19-23-37(10)32-20-22-36(9)30(27(5)18-21-34(7,12-2)26(3)4)16-17-31(36)33(32)28(6)24-35(37,8)25-29/h26-33H,11-25H2,1-10H3. The lowest BCUT2D eigenvalue weighted by Crippen LogP contribution is -2.60. The van der Waals surface area contributed by atoms with Gasteiger partial charge in [-0.15, -0.1) is 0 Å².